The van der Waals surface area contributed by atoms with E-state index in [2.05, 4.69) is 4.90 Å². The number of aliphatic hydroxyl groups is 1. The fraction of sp³-hybridized carbons (Fsp3) is 1.00. The molecule has 0 amide bonds. The largest absolute Gasteiger partial charge is 0.396 e. The lowest BCUT2D eigenvalue weighted by atomic mass is 10.1. The van der Waals surface area contributed by atoms with Crippen molar-refractivity contribution < 1.29 is 5.11 Å². The van der Waals surface area contributed by atoms with Crippen LogP contribution < -0.4 is 0 Å². The highest BCUT2D eigenvalue weighted by Crippen LogP contribution is 2.31. The molecule has 2 rings (SSSR count). The zero-order chi connectivity index (χ0) is 6.97. The maximum atomic E-state index is 8.86. The van der Waals surface area contributed by atoms with Gasteiger partial charge in [0.05, 0.1) is 0 Å². The third kappa shape index (κ3) is 1.18. The van der Waals surface area contributed by atoms with Gasteiger partial charge in [-0.05, 0) is 31.7 Å². The number of likely N-dealkylation sites (tertiary alicyclic amines) is 1. The lowest BCUT2D eigenvalue weighted by molar-refractivity contribution is 0.220. The Labute approximate surface area is 61.8 Å². The number of hydrogen-bond donors (Lipinski definition) is 1. The molecule has 2 heteroatoms. The van der Waals surface area contributed by atoms with E-state index < -0.39 is 0 Å². The lowest BCUT2D eigenvalue weighted by Gasteiger charge is -2.13. The molecule has 58 valence electrons. The predicted octanol–water partition coefficient (Wildman–Crippen LogP) is 0.463. The molecule has 1 N–H and O–H groups in total. The van der Waals surface area contributed by atoms with E-state index in [9.17, 15) is 0 Å². The molecule has 1 aliphatic carbocycles. The molecule has 0 radical (unpaired) electrons. The van der Waals surface area contributed by atoms with E-state index in [1.54, 1.807) is 0 Å². The van der Waals surface area contributed by atoms with Crippen molar-refractivity contribution in [3.05, 3.63) is 0 Å². The van der Waals surface area contributed by atoms with Crippen molar-refractivity contribution in [2.24, 2.45) is 5.92 Å². The minimum absolute atomic E-state index is 0.392. The topological polar surface area (TPSA) is 23.5 Å². The van der Waals surface area contributed by atoms with E-state index in [0.717, 1.165) is 12.6 Å². The van der Waals surface area contributed by atoms with Crippen LogP contribution in [-0.2, 0) is 0 Å². The van der Waals surface area contributed by atoms with Gasteiger partial charge in [-0.25, -0.2) is 0 Å². The first-order chi connectivity index (χ1) is 4.90. The van der Waals surface area contributed by atoms with Gasteiger partial charge >= 0.3 is 0 Å². The van der Waals surface area contributed by atoms with Crippen molar-refractivity contribution in [3.8, 4) is 0 Å². The Balaban J connectivity index is 1.81. The number of nitrogens with zero attached hydrogens (tertiary/aromatic N) is 1. The number of rotatable bonds is 2. The molecule has 2 nitrogen and oxygen atoms in total. The lowest BCUT2D eigenvalue weighted by Crippen LogP contribution is -2.23. The summed E-state index contributed by atoms with van der Waals surface area (Å²) >= 11 is 0. The Kier molecular flexibility index (Phi) is 1.66. The second-order valence-corrected chi connectivity index (χ2v) is 3.56. The van der Waals surface area contributed by atoms with Gasteiger partial charge in [-0.1, -0.05) is 0 Å². The molecule has 1 saturated carbocycles. The normalized spacial score (nSPS) is 35.1. The van der Waals surface area contributed by atoms with Crippen LogP contribution in [0.1, 0.15) is 19.3 Å². The van der Waals surface area contributed by atoms with Gasteiger partial charge in [0.15, 0.2) is 0 Å². The molecule has 0 spiro atoms. The van der Waals surface area contributed by atoms with Crippen LogP contribution >= 0.6 is 0 Å². The SMILES string of the molecule is OC[C@@H]1CCN(C2CC2)C1. The fourth-order valence-electron chi connectivity index (χ4n) is 1.78. The molecule has 0 aromatic carbocycles. The maximum Gasteiger partial charge on any atom is 0.0471 e. The van der Waals surface area contributed by atoms with Gasteiger partial charge in [0.2, 0.25) is 0 Å². The van der Waals surface area contributed by atoms with Crippen molar-refractivity contribution in [1.29, 1.82) is 0 Å². The summed E-state index contributed by atoms with van der Waals surface area (Å²) < 4.78 is 0. The van der Waals surface area contributed by atoms with Gasteiger partial charge in [-0.15, -0.1) is 0 Å². The minimum Gasteiger partial charge on any atom is -0.396 e. The molecule has 1 saturated heterocycles. The second-order valence-electron chi connectivity index (χ2n) is 3.56. The van der Waals surface area contributed by atoms with Crippen molar-refractivity contribution in [2.45, 2.75) is 25.3 Å². The van der Waals surface area contributed by atoms with E-state index in [1.807, 2.05) is 0 Å². The average molecular weight is 141 g/mol. The van der Waals surface area contributed by atoms with Gasteiger partial charge in [0.1, 0.15) is 0 Å². The van der Waals surface area contributed by atoms with Gasteiger partial charge in [-0.2, -0.15) is 0 Å². The summed E-state index contributed by atoms with van der Waals surface area (Å²) in [6.45, 7) is 2.78. The highest BCUT2D eigenvalue weighted by Gasteiger charge is 2.33. The summed E-state index contributed by atoms with van der Waals surface area (Å²) in [4.78, 5) is 2.53. The Bertz CT molecular complexity index is 122. The zero-order valence-electron chi connectivity index (χ0n) is 6.29. The van der Waals surface area contributed by atoms with Gasteiger partial charge < -0.3 is 10.0 Å². The summed E-state index contributed by atoms with van der Waals surface area (Å²) in [5, 5.41) is 8.86. The molecule has 0 bridgehead atoms. The third-order valence-electron chi connectivity index (χ3n) is 2.64. The van der Waals surface area contributed by atoms with Gasteiger partial charge in [-0.3, -0.25) is 0 Å². The molecule has 0 aromatic rings. The van der Waals surface area contributed by atoms with Gasteiger partial charge in [0.25, 0.3) is 0 Å². The van der Waals surface area contributed by atoms with Crippen LogP contribution in [0.25, 0.3) is 0 Å². The van der Waals surface area contributed by atoms with Crippen LogP contribution in [0.5, 0.6) is 0 Å². The Morgan fingerprint density at radius 1 is 1.30 bits per heavy atom. The molecular formula is C8H15NO. The average Bonchev–Trinajstić information content (AvgIpc) is 2.70. The molecular weight excluding hydrogens is 126 g/mol. The summed E-state index contributed by atoms with van der Waals surface area (Å²) in [6.07, 6.45) is 4.02. The van der Waals surface area contributed by atoms with Crippen LogP contribution in [0.4, 0.5) is 0 Å². The van der Waals surface area contributed by atoms with Crippen LogP contribution in [0, 0.1) is 5.92 Å². The molecule has 1 aliphatic heterocycles. The third-order valence-corrected chi connectivity index (χ3v) is 2.64. The van der Waals surface area contributed by atoms with E-state index in [1.165, 1.54) is 25.8 Å². The maximum absolute atomic E-state index is 8.86. The standard InChI is InChI=1S/C8H15NO/c10-6-7-3-4-9(5-7)8-1-2-8/h7-8,10H,1-6H2/t7-/m1/s1. The summed E-state index contributed by atoms with van der Waals surface area (Å²) in [5.41, 5.74) is 0. The van der Waals surface area contributed by atoms with Crippen LogP contribution in [-0.4, -0.2) is 35.7 Å². The van der Waals surface area contributed by atoms with E-state index in [4.69, 9.17) is 5.11 Å². The Morgan fingerprint density at radius 3 is 2.60 bits per heavy atom. The quantitative estimate of drug-likeness (QED) is 0.604. The van der Waals surface area contributed by atoms with Crippen molar-refractivity contribution in [2.75, 3.05) is 19.7 Å². The van der Waals surface area contributed by atoms with Crippen molar-refractivity contribution in [1.82, 2.24) is 4.90 Å². The zero-order valence-corrected chi connectivity index (χ0v) is 6.29. The summed E-state index contributed by atoms with van der Waals surface area (Å²) in [7, 11) is 0. The van der Waals surface area contributed by atoms with Crippen LogP contribution in [0.3, 0.4) is 0 Å². The van der Waals surface area contributed by atoms with Gasteiger partial charge in [0, 0.05) is 19.2 Å². The Morgan fingerprint density at radius 2 is 2.10 bits per heavy atom. The van der Waals surface area contributed by atoms with E-state index in [0.29, 0.717) is 12.5 Å². The van der Waals surface area contributed by atoms with Crippen molar-refractivity contribution >= 4 is 0 Å². The molecule has 0 aromatic heterocycles. The Hall–Kier alpha value is -0.0800. The monoisotopic (exact) mass is 141 g/mol. The summed E-state index contributed by atoms with van der Waals surface area (Å²) in [5.74, 6) is 0.584. The first kappa shape index (κ1) is 6.62. The molecule has 2 fully saturated rings. The number of aliphatic hydroxyl groups excluding tert-OH is 1. The second kappa shape index (κ2) is 2.51. The highest BCUT2D eigenvalue weighted by atomic mass is 16.3. The fourth-order valence-corrected chi connectivity index (χ4v) is 1.78. The molecule has 0 unspecified atom stereocenters. The van der Waals surface area contributed by atoms with E-state index >= 15 is 0 Å². The predicted molar refractivity (Wildman–Crippen MR) is 39.8 cm³/mol. The number of hydrogen-bond acceptors (Lipinski definition) is 2. The summed E-state index contributed by atoms with van der Waals surface area (Å²) in [6, 6.07) is 0.900. The minimum atomic E-state index is 0.392. The first-order valence-corrected chi connectivity index (χ1v) is 4.25. The first-order valence-electron chi connectivity index (χ1n) is 4.25. The molecule has 2 aliphatic rings. The van der Waals surface area contributed by atoms with E-state index in [-0.39, 0.29) is 0 Å². The highest BCUT2D eigenvalue weighted by molar-refractivity contribution is 4.89. The molecule has 1 atom stereocenters. The molecule has 1 heterocycles. The van der Waals surface area contributed by atoms with Crippen molar-refractivity contribution in [3.63, 3.8) is 0 Å². The molecule has 10 heavy (non-hydrogen) atoms. The smallest absolute Gasteiger partial charge is 0.0471 e. The van der Waals surface area contributed by atoms with Crippen LogP contribution in [0.2, 0.25) is 0 Å². The van der Waals surface area contributed by atoms with Crippen LogP contribution in [0.15, 0.2) is 0 Å².